The smallest absolute Gasteiger partial charge is 0.171 e. The highest BCUT2D eigenvalue weighted by Gasteiger charge is 2.05. The molecule has 1 nitrogen and oxygen atoms in total. The number of hydrogen-bond acceptors (Lipinski definition) is 1. The number of hydrogen-bond donors (Lipinski definition) is 0. The maximum Gasteiger partial charge on any atom is 0.171 e. The molecule has 0 atom stereocenters. The fourth-order valence-corrected chi connectivity index (χ4v) is 1.72. The van der Waals surface area contributed by atoms with Crippen LogP contribution >= 0.6 is 11.6 Å². The molecular weight excluding hydrogens is 231 g/mol. The SMILES string of the molecule is C=C(CO[SiH](C)C)c1ccc(Cl)c(F)c1. The summed E-state index contributed by atoms with van der Waals surface area (Å²) < 4.78 is 18.6. The van der Waals surface area contributed by atoms with Crippen LogP contribution < -0.4 is 0 Å². The second-order valence-electron chi connectivity index (χ2n) is 3.59. The van der Waals surface area contributed by atoms with E-state index < -0.39 is 14.9 Å². The minimum absolute atomic E-state index is 0.130. The predicted octanol–water partition coefficient (Wildman–Crippen LogP) is 3.49. The number of halogens is 2. The van der Waals surface area contributed by atoms with Crippen molar-refractivity contribution in [1.29, 1.82) is 0 Å². The normalized spacial score (nSPS) is 10.7. The van der Waals surface area contributed by atoms with E-state index in [9.17, 15) is 4.39 Å². The number of rotatable bonds is 4. The third kappa shape index (κ3) is 3.78. The van der Waals surface area contributed by atoms with Gasteiger partial charge in [0, 0.05) is 0 Å². The lowest BCUT2D eigenvalue weighted by Gasteiger charge is -2.09. The molecule has 0 heterocycles. The Morgan fingerprint density at radius 1 is 1.53 bits per heavy atom. The lowest BCUT2D eigenvalue weighted by molar-refractivity contribution is 0.382. The van der Waals surface area contributed by atoms with Crippen molar-refractivity contribution in [2.24, 2.45) is 0 Å². The molecule has 15 heavy (non-hydrogen) atoms. The number of benzene rings is 1. The molecule has 0 aliphatic carbocycles. The predicted molar refractivity (Wildman–Crippen MR) is 65.3 cm³/mol. The van der Waals surface area contributed by atoms with Crippen molar-refractivity contribution in [2.45, 2.75) is 13.1 Å². The summed E-state index contributed by atoms with van der Waals surface area (Å²) in [6.07, 6.45) is 0. The van der Waals surface area contributed by atoms with Gasteiger partial charge in [-0.3, -0.25) is 0 Å². The van der Waals surface area contributed by atoms with E-state index >= 15 is 0 Å². The van der Waals surface area contributed by atoms with Gasteiger partial charge < -0.3 is 4.43 Å². The summed E-state index contributed by atoms with van der Waals surface area (Å²) in [5, 5.41) is 0.130. The minimum atomic E-state index is -1.05. The molecule has 0 amide bonds. The van der Waals surface area contributed by atoms with Gasteiger partial charge in [0.2, 0.25) is 0 Å². The summed E-state index contributed by atoms with van der Waals surface area (Å²) in [5.74, 6) is -0.419. The molecule has 82 valence electrons. The van der Waals surface area contributed by atoms with Gasteiger partial charge in [-0.15, -0.1) is 0 Å². The summed E-state index contributed by atoms with van der Waals surface area (Å²) in [7, 11) is -1.05. The van der Waals surface area contributed by atoms with Crippen LogP contribution in [0.5, 0.6) is 0 Å². The summed E-state index contributed by atoms with van der Waals surface area (Å²) in [6.45, 7) is 8.48. The Hall–Kier alpha value is -0.643. The molecule has 0 N–H and O–H groups in total. The van der Waals surface area contributed by atoms with E-state index in [1.54, 1.807) is 6.07 Å². The van der Waals surface area contributed by atoms with E-state index in [0.29, 0.717) is 6.61 Å². The van der Waals surface area contributed by atoms with Crippen molar-refractivity contribution in [3.8, 4) is 0 Å². The van der Waals surface area contributed by atoms with Crippen LogP contribution in [0.2, 0.25) is 18.1 Å². The van der Waals surface area contributed by atoms with Crippen molar-refractivity contribution in [2.75, 3.05) is 6.61 Å². The molecule has 0 unspecified atom stereocenters. The van der Waals surface area contributed by atoms with Gasteiger partial charge >= 0.3 is 0 Å². The average Bonchev–Trinajstić information content (AvgIpc) is 2.18. The van der Waals surface area contributed by atoms with Crippen molar-refractivity contribution in [3.63, 3.8) is 0 Å². The molecule has 1 aromatic rings. The highest BCUT2D eigenvalue weighted by Crippen LogP contribution is 2.20. The van der Waals surface area contributed by atoms with Gasteiger partial charge in [-0.2, -0.15) is 0 Å². The average molecular weight is 245 g/mol. The van der Waals surface area contributed by atoms with E-state index in [2.05, 4.69) is 19.7 Å². The summed E-state index contributed by atoms with van der Waals surface area (Å²) in [6, 6.07) is 4.67. The Morgan fingerprint density at radius 2 is 2.20 bits per heavy atom. The van der Waals surface area contributed by atoms with Crippen LogP contribution in [-0.4, -0.2) is 15.6 Å². The van der Waals surface area contributed by atoms with Crippen LogP contribution in [-0.2, 0) is 4.43 Å². The molecule has 0 saturated carbocycles. The van der Waals surface area contributed by atoms with Crippen molar-refractivity contribution < 1.29 is 8.82 Å². The van der Waals surface area contributed by atoms with Crippen molar-refractivity contribution in [3.05, 3.63) is 41.2 Å². The Balaban J connectivity index is 2.70. The van der Waals surface area contributed by atoms with E-state index in [-0.39, 0.29) is 5.02 Å². The van der Waals surface area contributed by atoms with Crippen molar-refractivity contribution >= 4 is 26.2 Å². The standard InChI is InChI=1S/C11H14ClFOSi/c1-8(7-14-15(2)3)9-4-5-10(12)11(13)6-9/h4-6,15H,1,7H2,2-3H3. The molecule has 0 bridgehead atoms. The molecule has 0 aromatic heterocycles. The quantitative estimate of drug-likeness (QED) is 0.737. The van der Waals surface area contributed by atoms with E-state index in [1.807, 2.05) is 0 Å². The van der Waals surface area contributed by atoms with Crippen LogP contribution in [0.1, 0.15) is 5.56 Å². The molecule has 0 saturated heterocycles. The summed E-state index contributed by atoms with van der Waals surface area (Å²) >= 11 is 5.58. The maximum absolute atomic E-state index is 13.1. The first kappa shape index (κ1) is 12.4. The topological polar surface area (TPSA) is 9.23 Å². The van der Waals surface area contributed by atoms with E-state index in [0.717, 1.165) is 11.1 Å². The highest BCUT2D eigenvalue weighted by molar-refractivity contribution is 6.48. The van der Waals surface area contributed by atoms with Gasteiger partial charge in [0.1, 0.15) is 5.82 Å². The second kappa shape index (κ2) is 5.44. The highest BCUT2D eigenvalue weighted by atomic mass is 35.5. The van der Waals surface area contributed by atoms with E-state index in [4.69, 9.17) is 16.0 Å². The lowest BCUT2D eigenvalue weighted by Crippen LogP contribution is -2.09. The Morgan fingerprint density at radius 3 is 2.73 bits per heavy atom. The molecule has 0 fully saturated rings. The van der Waals surface area contributed by atoms with Gasteiger partial charge in [-0.25, -0.2) is 4.39 Å². The Bertz CT molecular complexity index is 366. The fourth-order valence-electron chi connectivity index (χ4n) is 1.07. The molecule has 0 spiro atoms. The zero-order valence-electron chi connectivity index (χ0n) is 8.89. The van der Waals surface area contributed by atoms with Crippen LogP contribution in [0.25, 0.3) is 5.57 Å². The van der Waals surface area contributed by atoms with Gasteiger partial charge in [0.05, 0.1) is 11.6 Å². The van der Waals surface area contributed by atoms with Crippen molar-refractivity contribution in [1.82, 2.24) is 0 Å². The van der Waals surface area contributed by atoms with Gasteiger partial charge in [0.25, 0.3) is 0 Å². The fraction of sp³-hybridized carbons (Fsp3) is 0.273. The van der Waals surface area contributed by atoms with E-state index in [1.165, 1.54) is 12.1 Å². The molecule has 1 rings (SSSR count). The maximum atomic E-state index is 13.1. The van der Waals surface area contributed by atoms with Gasteiger partial charge in [0.15, 0.2) is 9.04 Å². The first-order valence-electron chi connectivity index (χ1n) is 4.75. The first-order valence-corrected chi connectivity index (χ1v) is 7.91. The van der Waals surface area contributed by atoms with Gasteiger partial charge in [-0.1, -0.05) is 24.2 Å². The van der Waals surface area contributed by atoms with Crippen LogP contribution in [0.4, 0.5) is 4.39 Å². The first-order chi connectivity index (χ1) is 7.00. The molecule has 0 aliphatic rings. The van der Waals surface area contributed by atoms with Gasteiger partial charge in [-0.05, 0) is 36.4 Å². The van der Waals surface area contributed by atoms with Crippen LogP contribution in [0.15, 0.2) is 24.8 Å². The molecule has 0 aliphatic heterocycles. The molecule has 4 heteroatoms. The largest absolute Gasteiger partial charge is 0.416 e. The van der Waals surface area contributed by atoms with Crippen LogP contribution in [0.3, 0.4) is 0 Å². The monoisotopic (exact) mass is 244 g/mol. The Labute approximate surface area is 96.2 Å². The molecular formula is C11H14ClFOSi. The zero-order chi connectivity index (χ0) is 11.4. The van der Waals surface area contributed by atoms with Crippen LogP contribution in [0, 0.1) is 5.82 Å². The second-order valence-corrected chi connectivity index (χ2v) is 6.43. The summed E-state index contributed by atoms with van der Waals surface area (Å²) in [4.78, 5) is 0. The lowest BCUT2D eigenvalue weighted by atomic mass is 10.1. The third-order valence-corrected chi connectivity index (χ3v) is 3.06. The minimum Gasteiger partial charge on any atom is -0.416 e. The summed E-state index contributed by atoms with van der Waals surface area (Å²) in [5.41, 5.74) is 1.53. The molecule has 0 radical (unpaired) electrons. The Kier molecular flexibility index (Phi) is 4.51. The zero-order valence-corrected chi connectivity index (χ0v) is 10.8. The molecule has 1 aromatic carbocycles. The third-order valence-electron chi connectivity index (χ3n) is 1.92.